The standard InChI is InChI=1S/C26H28N2O7S/c1-33-17-27(36(31,32)21-12-10-20(11-13-21)28(29)30)23-14-9-19-15-24(34-2)25(35-3)16-22(19)26(23)18-7-5-4-6-8-18/h4-8,10-13,15-16,23,26H,9,14,17H2,1-3H3/t23-,26-/m1/s1. The molecule has 190 valence electrons. The van der Waals surface area contributed by atoms with E-state index in [-0.39, 0.29) is 23.2 Å². The van der Waals surface area contributed by atoms with E-state index in [1.165, 1.54) is 35.7 Å². The van der Waals surface area contributed by atoms with E-state index in [4.69, 9.17) is 14.2 Å². The highest BCUT2D eigenvalue weighted by atomic mass is 32.2. The van der Waals surface area contributed by atoms with Gasteiger partial charge in [-0.15, -0.1) is 0 Å². The van der Waals surface area contributed by atoms with Gasteiger partial charge in [-0.2, -0.15) is 4.31 Å². The van der Waals surface area contributed by atoms with Crippen LogP contribution in [-0.4, -0.2) is 51.7 Å². The number of nitrogens with zero attached hydrogens (tertiary/aromatic N) is 2. The van der Waals surface area contributed by atoms with Gasteiger partial charge >= 0.3 is 0 Å². The van der Waals surface area contributed by atoms with Crippen molar-refractivity contribution in [2.24, 2.45) is 0 Å². The fourth-order valence-corrected chi connectivity index (χ4v) is 6.42. The van der Waals surface area contributed by atoms with E-state index >= 15 is 0 Å². The van der Waals surface area contributed by atoms with Crippen LogP contribution in [0.25, 0.3) is 0 Å². The molecular weight excluding hydrogens is 484 g/mol. The minimum absolute atomic E-state index is 0.0323. The number of benzene rings is 3. The highest BCUT2D eigenvalue weighted by Gasteiger charge is 2.41. The molecule has 9 nitrogen and oxygen atoms in total. The fourth-order valence-electron chi connectivity index (χ4n) is 4.84. The average Bonchev–Trinajstić information content (AvgIpc) is 2.90. The number of sulfonamides is 1. The lowest BCUT2D eigenvalue weighted by molar-refractivity contribution is -0.384. The second-order valence-corrected chi connectivity index (χ2v) is 10.4. The minimum Gasteiger partial charge on any atom is -0.493 e. The average molecular weight is 513 g/mol. The third-order valence-electron chi connectivity index (χ3n) is 6.51. The molecule has 10 heteroatoms. The molecule has 0 spiro atoms. The van der Waals surface area contributed by atoms with Crippen LogP contribution in [0.1, 0.15) is 29.0 Å². The summed E-state index contributed by atoms with van der Waals surface area (Å²) < 4.78 is 45.5. The van der Waals surface area contributed by atoms with Crippen LogP contribution >= 0.6 is 0 Å². The quantitative estimate of drug-likeness (QED) is 0.238. The van der Waals surface area contributed by atoms with Crippen molar-refractivity contribution >= 4 is 15.7 Å². The number of hydrogen-bond acceptors (Lipinski definition) is 7. The summed E-state index contributed by atoms with van der Waals surface area (Å²) in [5.41, 5.74) is 2.79. The maximum absolute atomic E-state index is 13.8. The molecule has 1 aliphatic rings. The van der Waals surface area contributed by atoms with Crippen molar-refractivity contribution in [3.8, 4) is 11.5 Å². The van der Waals surface area contributed by atoms with Crippen LogP contribution < -0.4 is 9.47 Å². The van der Waals surface area contributed by atoms with Crippen LogP contribution in [-0.2, 0) is 21.2 Å². The third kappa shape index (κ3) is 4.79. The fraction of sp³-hybridized carbons (Fsp3) is 0.308. The summed E-state index contributed by atoms with van der Waals surface area (Å²) in [6, 6.07) is 18.0. The molecule has 1 aliphatic carbocycles. The Balaban J connectivity index is 1.85. The van der Waals surface area contributed by atoms with Crippen molar-refractivity contribution < 1.29 is 27.6 Å². The molecule has 0 fully saturated rings. The van der Waals surface area contributed by atoms with E-state index in [1.807, 2.05) is 42.5 Å². The Bertz CT molecular complexity index is 1330. The zero-order chi connectivity index (χ0) is 25.9. The largest absolute Gasteiger partial charge is 0.493 e. The molecule has 0 radical (unpaired) electrons. The van der Waals surface area contributed by atoms with Gasteiger partial charge in [0, 0.05) is 31.2 Å². The number of nitro groups is 1. The van der Waals surface area contributed by atoms with Crippen molar-refractivity contribution in [1.82, 2.24) is 4.31 Å². The zero-order valence-corrected chi connectivity index (χ0v) is 21.1. The molecule has 0 saturated carbocycles. The van der Waals surface area contributed by atoms with E-state index < -0.39 is 21.0 Å². The van der Waals surface area contributed by atoms with E-state index in [9.17, 15) is 18.5 Å². The normalized spacial score (nSPS) is 17.4. The van der Waals surface area contributed by atoms with Crippen LogP contribution in [0.3, 0.4) is 0 Å². The van der Waals surface area contributed by atoms with Gasteiger partial charge in [0.15, 0.2) is 11.5 Å². The molecule has 36 heavy (non-hydrogen) atoms. The highest BCUT2D eigenvalue weighted by Crippen LogP contribution is 2.45. The number of nitro benzene ring substituents is 1. The van der Waals surface area contributed by atoms with Crippen LogP contribution in [0.5, 0.6) is 11.5 Å². The summed E-state index contributed by atoms with van der Waals surface area (Å²) in [4.78, 5) is 10.5. The molecule has 0 saturated heterocycles. The van der Waals surface area contributed by atoms with E-state index in [0.29, 0.717) is 24.3 Å². The number of aryl methyl sites for hydroxylation is 1. The lowest BCUT2D eigenvalue weighted by Gasteiger charge is -2.40. The molecule has 0 aromatic heterocycles. The molecule has 0 bridgehead atoms. The minimum atomic E-state index is -4.05. The summed E-state index contributed by atoms with van der Waals surface area (Å²) in [5, 5.41) is 11.1. The topological polar surface area (TPSA) is 108 Å². The molecule has 3 aromatic rings. The summed E-state index contributed by atoms with van der Waals surface area (Å²) in [7, 11) is 0.550. The van der Waals surface area contributed by atoms with Crippen LogP contribution in [0.4, 0.5) is 5.69 Å². The second kappa shape index (κ2) is 10.7. The summed E-state index contributed by atoms with van der Waals surface area (Å²) in [5.74, 6) is 0.876. The van der Waals surface area contributed by atoms with Crippen LogP contribution in [0, 0.1) is 10.1 Å². The molecular formula is C26H28N2O7S. The molecule has 3 aromatic carbocycles. The van der Waals surface area contributed by atoms with Gasteiger partial charge in [0.1, 0.15) is 6.73 Å². The Morgan fingerprint density at radius 2 is 1.61 bits per heavy atom. The molecule has 0 amide bonds. The Kier molecular flexibility index (Phi) is 7.58. The molecule has 0 aliphatic heterocycles. The number of non-ortho nitro benzene ring substituents is 1. The first kappa shape index (κ1) is 25.6. The summed E-state index contributed by atoms with van der Waals surface area (Å²) in [6.45, 7) is -0.171. The van der Waals surface area contributed by atoms with Crippen molar-refractivity contribution in [2.75, 3.05) is 28.1 Å². The third-order valence-corrected chi connectivity index (χ3v) is 8.38. The monoisotopic (exact) mass is 512 g/mol. The SMILES string of the molecule is COCN([C@@H]1CCc2cc(OC)c(OC)cc2[C@H]1c1ccccc1)S(=O)(=O)c1ccc([N+](=O)[O-])cc1. The van der Waals surface area contributed by atoms with Gasteiger partial charge < -0.3 is 14.2 Å². The van der Waals surface area contributed by atoms with E-state index in [1.54, 1.807) is 14.2 Å². The molecule has 0 N–H and O–H groups in total. The molecule has 4 rings (SSSR count). The predicted octanol–water partition coefficient (Wildman–Crippen LogP) is 4.35. The summed E-state index contributed by atoms with van der Waals surface area (Å²) in [6.07, 6.45) is 1.16. The van der Waals surface area contributed by atoms with Gasteiger partial charge in [-0.05, 0) is 53.8 Å². The molecule has 0 heterocycles. The van der Waals surface area contributed by atoms with Crippen molar-refractivity contribution in [1.29, 1.82) is 0 Å². The van der Waals surface area contributed by atoms with E-state index in [0.717, 1.165) is 16.7 Å². The highest BCUT2D eigenvalue weighted by molar-refractivity contribution is 7.89. The predicted molar refractivity (Wildman–Crippen MR) is 134 cm³/mol. The number of hydrogen-bond donors (Lipinski definition) is 0. The van der Waals surface area contributed by atoms with Crippen LogP contribution in [0.15, 0.2) is 71.6 Å². The lowest BCUT2D eigenvalue weighted by atomic mass is 9.75. The van der Waals surface area contributed by atoms with Gasteiger partial charge in [0.2, 0.25) is 10.0 Å². The smallest absolute Gasteiger partial charge is 0.269 e. The van der Waals surface area contributed by atoms with Gasteiger partial charge in [-0.1, -0.05) is 30.3 Å². The van der Waals surface area contributed by atoms with Crippen molar-refractivity contribution in [2.45, 2.75) is 29.7 Å². The Morgan fingerprint density at radius 3 is 2.19 bits per heavy atom. The zero-order valence-electron chi connectivity index (χ0n) is 20.3. The molecule has 0 unspecified atom stereocenters. The number of methoxy groups -OCH3 is 3. The Hall–Kier alpha value is -3.47. The van der Waals surface area contributed by atoms with Crippen molar-refractivity contribution in [3.63, 3.8) is 0 Å². The number of fused-ring (bicyclic) bond motifs is 1. The maximum atomic E-state index is 13.8. The second-order valence-electron chi connectivity index (χ2n) is 8.46. The number of rotatable bonds is 9. The summed E-state index contributed by atoms with van der Waals surface area (Å²) >= 11 is 0. The first-order valence-corrected chi connectivity index (χ1v) is 12.8. The first-order chi connectivity index (χ1) is 17.3. The van der Waals surface area contributed by atoms with Crippen molar-refractivity contribution in [3.05, 3.63) is 93.5 Å². The van der Waals surface area contributed by atoms with Gasteiger partial charge in [-0.3, -0.25) is 10.1 Å². The van der Waals surface area contributed by atoms with E-state index in [2.05, 4.69) is 0 Å². The Morgan fingerprint density at radius 1 is 0.972 bits per heavy atom. The van der Waals surface area contributed by atoms with Gasteiger partial charge in [-0.25, -0.2) is 8.42 Å². The van der Waals surface area contributed by atoms with Gasteiger partial charge in [0.25, 0.3) is 5.69 Å². The lowest BCUT2D eigenvalue weighted by Crippen LogP contribution is -2.47. The Labute approximate surface area is 210 Å². The van der Waals surface area contributed by atoms with Gasteiger partial charge in [0.05, 0.1) is 24.0 Å². The maximum Gasteiger partial charge on any atom is 0.269 e. The van der Waals surface area contributed by atoms with Crippen LogP contribution in [0.2, 0.25) is 0 Å². The first-order valence-electron chi connectivity index (χ1n) is 11.4. The molecule has 2 atom stereocenters. The number of ether oxygens (including phenoxy) is 3.